The van der Waals surface area contributed by atoms with Crippen molar-refractivity contribution in [3.05, 3.63) is 71.3 Å². The van der Waals surface area contributed by atoms with Crippen LogP contribution in [0.3, 0.4) is 0 Å². The topological polar surface area (TPSA) is 59.1 Å². The van der Waals surface area contributed by atoms with Gasteiger partial charge in [-0.05, 0) is 63.6 Å². The Labute approximate surface area is 196 Å². The summed E-state index contributed by atoms with van der Waals surface area (Å²) in [7, 11) is 0. The first-order chi connectivity index (χ1) is 15.7. The fraction of sp³-hybridized carbons (Fsp3) is 0.481. The number of fused-ring (bicyclic) bond motifs is 1. The summed E-state index contributed by atoms with van der Waals surface area (Å²) in [4.78, 5) is 30.1. The van der Waals surface area contributed by atoms with Crippen molar-refractivity contribution < 1.29 is 19.1 Å². The van der Waals surface area contributed by atoms with Gasteiger partial charge in [0.25, 0.3) is 0 Å². The number of nitrogens with zero attached hydrogens (tertiary/aromatic N) is 2. The molecule has 3 atom stereocenters. The highest BCUT2D eigenvalue weighted by molar-refractivity contribution is 5.71. The average molecular weight is 451 g/mol. The lowest BCUT2D eigenvalue weighted by atomic mass is 9.89. The molecule has 6 nitrogen and oxygen atoms in total. The third-order valence-electron chi connectivity index (χ3n) is 6.49. The Bertz CT molecular complexity index is 985. The van der Waals surface area contributed by atoms with E-state index >= 15 is 0 Å². The summed E-state index contributed by atoms with van der Waals surface area (Å²) < 4.78 is 11.5. The molecule has 0 radical (unpaired) electrons. The first kappa shape index (κ1) is 23.1. The fourth-order valence-corrected chi connectivity index (χ4v) is 4.92. The van der Waals surface area contributed by atoms with Gasteiger partial charge < -0.3 is 14.4 Å². The zero-order valence-electron chi connectivity index (χ0n) is 20.0. The molecule has 0 N–H and O–H groups in total. The van der Waals surface area contributed by atoms with E-state index in [1.54, 1.807) is 0 Å². The number of amides is 2. The van der Waals surface area contributed by atoms with E-state index in [0.29, 0.717) is 13.0 Å². The number of rotatable bonds is 3. The second-order valence-electron chi connectivity index (χ2n) is 10.1. The molecule has 6 heteroatoms. The maximum atomic E-state index is 13.2. The first-order valence-electron chi connectivity index (χ1n) is 11.8. The molecule has 0 spiro atoms. The van der Waals surface area contributed by atoms with E-state index in [2.05, 4.69) is 19.1 Å². The van der Waals surface area contributed by atoms with Crippen LogP contribution in [-0.2, 0) is 29.0 Å². The maximum Gasteiger partial charge on any atom is 0.410 e. The highest BCUT2D eigenvalue weighted by Crippen LogP contribution is 2.35. The summed E-state index contributed by atoms with van der Waals surface area (Å²) in [5, 5.41) is 0. The molecule has 33 heavy (non-hydrogen) atoms. The zero-order valence-corrected chi connectivity index (χ0v) is 20.0. The van der Waals surface area contributed by atoms with Gasteiger partial charge in [0.15, 0.2) is 0 Å². The zero-order chi connectivity index (χ0) is 23.6. The quantitative estimate of drug-likeness (QED) is 0.616. The largest absolute Gasteiger partial charge is 0.445 e. The predicted octanol–water partition coefficient (Wildman–Crippen LogP) is 5.54. The Morgan fingerprint density at radius 2 is 1.58 bits per heavy atom. The van der Waals surface area contributed by atoms with Crippen LogP contribution in [-0.4, -0.2) is 45.7 Å². The van der Waals surface area contributed by atoms with Gasteiger partial charge in [-0.25, -0.2) is 9.59 Å². The molecule has 176 valence electrons. The lowest BCUT2D eigenvalue weighted by Crippen LogP contribution is -2.57. The van der Waals surface area contributed by atoms with E-state index in [1.165, 1.54) is 5.56 Å². The normalized spacial score (nSPS) is 22.6. The molecule has 0 aliphatic carbocycles. The third-order valence-corrected chi connectivity index (χ3v) is 6.49. The van der Waals surface area contributed by atoms with Crippen molar-refractivity contribution in [3.8, 4) is 0 Å². The Hall–Kier alpha value is -3.02. The van der Waals surface area contributed by atoms with E-state index in [1.807, 2.05) is 73.0 Å². The van der Waals surface area contributed by atoms with Gasteiger partial charge in [0.2, 0.25) is 0 Å². The van der Waals surface area contributed by atoms with E-state index < -0.39 is 5.60 Å². The van der Waals surface area contributed by atoms with Gasteiger partial charge in [-0.1, -0.05) is 54.6 Å². The molecular formula is C27H34N2O4. The molecule has 2 heterocycles. The second kappa shape index (κ2) is 9.46. The summed E-state index contributed by atoms with van der Waals surface area (Å²) in [6.07, 6.45) is 1.74. The van der Waals surface area contributed by atoms with Crippen LogP contribution in [0.5, 0.6) is 0 Å². The van der Waals surface area contributed by atoms with Gasteiger partial charge in [0.1, 0.15) is 12.2 Å². The van der Waals surface area contributed by atoms with Crippen LogP contribution in [0.15, 0.2) is 54.6 Å². The van der Waals surface area contributed by atoms with Gasteiger partial charge in [-0.15, -0.1) is 0 Å². The molecule has 2 aliphatic rings. The van der Waals surface area contributed by atoms with Gasteiger partial charge in [0.05, 0.1) is 12.1 Å². The second-order valence-corrected chi connectivity index (χ2v) is 10.1. The highest BCUT2D eigenvalue weighted by atomic mass is 16.6. The van der Waals surface area contributed by atoms with Crippen molar-refractivity contribution in [2.75, 3.05) is 0 Å². The summed E-state index contributed by atoms with van der Waals surface area (Å²) in [6.45, 7) is 8.40. The first-order valence-corrected chi connectivity index (χ1v) is 11.8. The molecule has 4 rings (SSSR count). The highest BCUT2D eigenvalue weighted by Gasteiger charge is 2.45. The molecule has 2 aromatic rings. The van der Waals surface area contributed by atoms with Crippen LogP contribution in [0.4, 0.5) is 9.59 Å². The summed E-state index contributed by atoms with van der Waals surface area (Å²) in [5.74, 6) is 0. The molecule has 1 fully saturated rings. The van der Waals surface area contributed by atoms with E-state index in [4.69, 9.17) is 9.47 Å². The van der Waals surface area contributed by atoms with Gasteiger partial charge in [-0.3, -0.25) is 4.90 Å². The number of ether oxygens (including phenoxy) is 2. The number of hydrogen-bond acceptors (Lipinski definition) is 4. The van der Waals surface area contributed by atoms with Crippen molar-refractivity contribution in [1.82, 2.24) is 9.80 Å². The van der Waals surface area contributed by atoms with Crippen molar-refractivity contribution in [2.24, 2.45) is 0 Å². The van der Waals surface area contributed by atoms with E-state index in [0.717, 1.165) is 24.0 Å². The Kier molecular flexibility index (Phi) is 6.63. The van der Waals surface area contributed by atoms with E-state index in [9.17, 15) is 9.59 Å². The molecule has 0 saturated carbocycles. The minimum atomic E-state index is -0.587. The van der Waals surface area contributed by atoms with Gasteiger partial charge in [-0.2, -0.15) is 0 Å². The fourth-order valence-electron chi connectivity index (χ4n) is 4.92. The SMILES string of the molecule is C[C@@H]1CCC(C2Cc3ccccc3CN2C(=O)OC(C)(C)C)N1C(=O)OCc1ccccc1. The van der Waals surface area contributed by atoms with Crippen LogP contribution in [0, 0.1) is 0 Å². The molecule has 2 unspecified atom stereocenters. The standard InChI is InChI=1S/C27H34N2O4/c1-19-14-15-23(29(19)26(31)32-18-20-10-6-5-7-11-20)24-16-21-12-8-9-13-22(21)17-28(24)25(30)33-27(2,3)4/h5-13,19,23-24H,14-18H2,1-4H3/t19-,23?,24?/m1/s1. The molecular weight excluding hydrogens is 416 g/mol. The molecule has 1 saturated heterocycles. The minimum absolute atomic E-state index is 0.0518. The smallest absolute Gasteiger partial charge is 0.410 e. The van der Waals surface area contributed by atoms with Crippen molar-refractivity contribution >= 4 is 12.2 Å². The number of likely N-dealkylation sites (tertiary alicyclic amines) is 1. The maximum absolute atomic E-state index is 13.2. The predicted molar refractivity (Wildman–Crippen MR) is 127 cm³/mol. The summed E-state index contributed by atoms with van der Waals surface area (Å²) >= 11 is 0. The van der Waals surface area contributed by atoms with Gasteiger partial charge >= 0.3 is 12.2 Å². The van der Waals surface area contributed by atoms with Crippen molar-refractivity contribution in [2.45, 2.75) is 83.8 Å². The number of benzene rings is 2. The Morgan fingerprint density at radius 1 is 0.909 bits per heavy atom. The van der Waals surface area contributed by atoms with Crippen LogP contribution >= 0.6 is 0 Å². The van der Waals surface area contributed by atoms with Gasteiger partial charge in [0, 0.05) is 12.6 Å². The number of hydrogen-bond donors (Lipinski definition) is 0. The van der Waals surface area contributed by atoms with Crippen molar-refractivity contribution in [3.63, 3.8) is 0 Å². The monoisotopic (exact) mass is 450 g/mol. The number of carbonyl (C=O) groups excluding carboxylic acids is 2. The Morgan fingerprint density at radius 3 is 2.27 bits per heavy atom. The van der Waals surface area contributed by atoms with E-state index in [-0.39, 0.29) is 36.9 Å². The molecule has 2 aliphatic heterocycles. The summed E-state index contributed by atoms with van der Waals surface area (Å²) in [6, 6.07) is 17.7. The lowest BCUT2D eigenvalue weighted by Gasteiger charge is -2.43. The summed E-state index contributed by atoms with van der Waals surface area (Å²) in [5.41, 5.74) is 2.72. The molecule has 0 bridgehead atoms. The van der Waals surface area contributed by atoms with Crippen LogP contribution in [0.2, 0.25) is 0 Å². The third kappa shape index (κ3) is 5.32. The lowest BCUT2D eigenvalue weighted by molar-refractivity contribution is -0.00235. The van der Waals surface area contributed by atoms with Crippen LogP contribution in [0.1, 0.15) is 57.2 Å². The van der Waals surface area contributed by atoms with Crippen LogP contribution < -0.4 is 0 Å². The molecule has 2 amide bonds. The Balaban J connectivity index is 1.57. The molecule has 2 aromatic carbocycles. The van der Waals surface area contributed by atoms with Crippen molar-refractivity contribution in [1.29, 1.82) is 0 Å². The molecule has 0 aromatic heterocycles. The number of carbonyl (C=O) groups is 2. The van der Waals surface area contributed by atoms with Crippen LogP contribution in [0.25, 0.3) is 0 Å². The minimum Gasteiger partial charge on any atom is -0.445 e. The average Bonchev–Trinajstić information content (AvgIpc) is 3.17.